The van der Waals surface area contributed by atoms with Crippen LogP contribution in [0.2, 0.25) is 5.02 Å². The number of rotatable bonds is 9. The summed E-state index contributed by atoms with van der Waals surface area (Å²) in [7, 11) is -3.75. The Morgan fingerprint density at radius 2 is 1.96 bits per heavy atom. The molecule has 0 bridgehead atoms. The van der Waals surface area contributed by atoms with Crippen molar-refractivity contribution in [2.45, 2.75) is 38.6 Å². The number of sulfonamides is 1. The molecule has 27 heavy (non-hydrogen) atoms. The third-order valence-corrected chi connectivity index (χ3v) is 6.72. The van der Waals surface area contributed by atoms with Crippen LogP contribution in [-0.4, -0.2) is 53.0 Å². The second kappa shape index (κ2) is 9.29. The molecule has 0 unspecified atom stereocenters. The van der Waals surface area contributed by atoms with E-state index in [1.54, 1.807) is 20.2 Å². The predicted octanol–water partition coefficient (Wildman–Crippen LogP) is 1.95. The SMILES string of the molecule is CCN(CC)S(=O)(=O)c1cc(C(=O)NCCc2nncn2CC)ccc1Cl. The maximum atomic E-state index is 12.7. The molecule has 0 spiro atoms. The van der Waals surface area contributed by atoms with Crippen molar-refractivity contribution in [1.29, 1.82) is 0 Å². The summed E-state index contributed by atoms with van der Waals surface area (Å²) >= 11 is 6.09. The maximum absolute atomic E-state index is 12.7. The average Bonchev–Trinajstić information content (AvgIpc) is 3.10. The van der Waals surface area contributed by atoms with Crippen molar-refractivity contribution in [2.24, 2.45) is 0 Å². The number of carbonyl (C=O) groups excluding carboxylic acids is 1. The molecule has 0 atom stereocenters. The van der Waals surface area contributed by atoms with Gasteiger partial charge in [0.2, 0.25) is 10.0 Å². The molecule has 8 nitrogen and oxygen atoms in total. The minimum absolute atomic E-state index is 0.0637. The first kappa shape index (κ1) is 21.3. The van der Waals surface area contributed by atoms with Gasteiger partial charge in [0.25, 0.3) is 5.91 Å². The Kier molecular flexibility index (Phi) is 7.34. The Bertz CT molecular complexity index is 894. The number of benzene rings is 1. The third kappa shape index (κ3) is 4.85. The molecule has 1 heterocycles. The van der Waals surface area contributed by atoms with E-state index in [4.69, 9.17) is 11.6 Å². The van der Waals surface area contributed by atoms with Crippen molar-refractivity contribution in [3.05, 3.63) is 40.9 Å². The lowest BCUT2D eigenvalue weighted by molar-refractivity contribution is 0.0953. The molecule has 1 aromatic carbocycles. The largest absolute Gasteiger partial charge is 0.352 e. The Balaban J connectivity index is 2.13. The van der Waals surface area contributed by atoms with E-state index in [0.29, 0.717) is 26.1 Å². The number of aromatic nitrogens is 3. The zero-order chi connectivity index (χ0) is 20.0. The summed E-state index contributed by atoms with van der Waals surface area (Å²) in [5.74, 6) is 0.406. The van der Waals surface area contributed by atoms with Crippen LogP contribution < -0.4 is 5.32 Å². The van der Waals surface area contributed by atoms with Crippen molar-refractivity contribution < 1.29 is 13.2 Å². The highest BCUT2D eigenvalue weighted by Crippen LogP contribution is 2.25. The van der Waals surface area contributed by atoms with Gasteiger partial charge in [0.1, 0.15) is 17.0 Å². The molecule has 0 saturated heterocycles. The van der Waals surface area contributed by atoms with Gasteiger partial charge in [0, 0.05) is 38.2 Å². The Morgan fingerprint density at radius 3 is 2.59 bits per heavy atom. The fraction of sp³-hybridized carbons (Fsp3) is 0.471. The van der Waals surface area contributed by atoms with Crippen LogP contribution in [0.25, 0.3) is 0 Å². The normalized spacial score (nSPS) is 11.7. The van der Waals surface area contributed by atoms with Crippen LogP contribution in [-0.2, 0) is 23.0 Å². The molecule has 0 aliphatic carbocycles. The second-order valence-electron chi connectivity index (χ2n) is 5.77. The zero-order valence-electron chi connectivity index (χ0n) is 15.6. The van der Waals surface area contributed by atoms with Crippen LogP contribution in [0.4, 0.5) is 0 Å². The van der Waals surface area contributed by atoms with E-state index >= 15 is 0 Å². The molecule has 2 rings (SSSR count). The second-order valence-corrected chi connectivity index (χ2v) is 8.09. The summed E-state index contributed by atoms with van der Waals surface area (Å²) < 4.78 is 28.6. The summed E-state index contributed by atoms with van der Waals surface area (Å²) in [5, 5.41) is 10.7. The van der Waals surface area contributed by atoms with E-state index in [1.807, 2.05) is 11.5 Å². The van der Waals surface area contributed by atoms with Gasteiger partial charge in [-0.3, -0.25) is 4.79 Å². The number of halogens is 1. The van der Waals surface area contributed by atoms with Crippen LogP contribution in [0.3, 0.4) is 0 Å². The summed E-state index contributed by atoms with van der Waals surface area (Å²) in [6.07, 6.45) is 2.17. The minimum atomic E-state index is -3.75. The molecule has 0 fully saturated rings. The fourth-order valence-electron chi connectivity index (χ4n) is 2.67. The van der Waals surface area contributed by atoms with E-state index in [9.17, 15) is 13.2 Å². The van der Waals surface area contributed by atoms with E-state index in [0.717, 1.165) is 12.4 Å². The first-order chi connectivity index (χ1) is 12.8. The molecule has 1 amide bonds. The fourth-order valence-corrected chi connectivity index (χ4v) is 4.63. The topological polar surface area (TPSA) is 97.2 Å². The highest BCUT2D eigenvalue weighted by molar-refractivity contribution is 7.89. The van der Waals surface area contributed by atoms with Gasteiger partial charge >= 0.3 is 0 Å². The monoisotopic (exact) mass is 413 g/mol. The van der Waals surface area contributed by atoms with Gasteiger partial charge in [-0.15, -0.1) is 10.2 Å². The van der Waals surface area contributed by atoms with Crippen molar-refractivity contribution >= 4 is 27.5 Å². The number of carbonyl (C=O) groups is 1. The Hall–Kier alpha value is -1.97. The number of aryl methyl sites for hydroxylation is 1. The van der Waals surface area contributed by atoms with E-state index in [1.165, 1.54) is 22.5 Å². The van der Waals surface area contributed by atoms with Gasteiger partial charge in [-0.05, 0) is 25.1 Å². The summed E-state index contributed by atoms with van der Waals surface area (Å²) in [6, 6.07) is 4.26. The third-order valence-electron chi connectivity index (χ3n) is 4.19. The molecular weight excluding hydrogens is 390 g/mol. The van der Waals surface area contributed by atoms with Gasteiger partial charge in [0.15, 0.2) is 0 Å². The first-order valence-corrected chi connectivity index (χ1v) is 10.6. The molecule has 0 saturated carbocycles. The van der Waals surface area contributed by atoms with E-state index < -0.39 is 10.0 Å². The number of amides is 1. The van der Waals surface area contributed by atoms with E-state index in [-0.39, 0.29) is 21.4 Å². The van der Waals surface area contributed by atoms with Gasteiger partial charge in [0.05, 0.1) is 5.02 Å². The lowest BCUT2D eigenvalue weighted by Crippen LogP contribution is -2.31. The number of nitrogens with zero attached hydrogens (tertiary/aromatic N) is 4. The van der Waals surface area contributed by atoms with Gasteiger partial charge < -0.3 is 9.88 Å². The standard InChI is InChI=1S/C17H24ClN5O3S/c1-4-22-12-20-21-16(22)9-10-19-17(24)13-7-8-14(18)15(11-13)27(25,26)23(5-2)6-3/h7-8,11-12H,4-6,9-10H2,1-3H3,(H,19,24). The highest BCUT2D eigenvalue weighted by Gasteiger charge is 2.25. The van der Waals surface area contributed by atoms with Crippen molar-refractivity contribution in [3.8, 4) is 0 Å². The van der Waals surface area contributed by atoms with Crippen molar-refractivity contribution in [3.63, 3.8) is 0 Å². The number of hydrogen-bond acceptors (Lipinski definition) is 5. The number of nitrogens with one attached hydrogen (secondary N) is 1. The summed E-state index contributed by atoms with van der Waals surface area (Å²) in [5.41, 5.74) is 0.238. The van der Waals surface area contributed by atoms with Crippen LogP contribution >= 0.6 is 11.6 Å². The lowest BCUT2D eigenvalue weighted by Gasteiger charge is -2.19. The van der Waals surface area contributed by atoms with Crippen LogP contribution in [0.15, 0.2) is 29.4 Å². The quantitative estimate of drug-likeness (QED) is 0.677. The molecule has 2 aromatic rings. The minimum Gasteiger partial charge on any atom is -0.352 e. The molecule has 10 heteroatoms. The van der Waals surface area contributed by atoms with Crippen molar-refractivity contribution in [2.75, 3.05) is 19.6 Å². The van der Waals surface area contributed by atoms with Crippen LogP contribution in [0.5, 0.6) is 0 Å². The summed E-state index contributed by atoms with van der Waals surface area (Å²) in [4.78, 5) is 12.4. The van der Waals surface area contributed by atoms with Gasteiger partial charge in [-0.1, -0.05) is 25.4 Å². The van der Waals surface area contributed by atoms with Crippen LogP contribution in [0.1, 0.15) is 37.0 Å². The molecule has 148 valence electrons. The zero-order valence-corrected chi connectivity index (χ0v) is 17.2. The van der Waals surface area contributed by atoms with Gasteiger partial charge in [-0.25, -0.2) is 8.42 Å². The Morgan fingerprint density at radius 1 is 1.26 bits per heavy atom. The molecule has 0 aliphatic heterocycles. The van der Waals surface area contributed by atoms with Gasteiger partial charge in [-0.2, -0.15) is 4.31 Å². The summed E-state index contributed by atoms with van der Waals surface area (Å²) in [6.45, 7) is 7.24. The number of hydrogen-bond donors (Lipinski definition) is 1. The first-order valence-electron chi connectivity index (χ1n) is 8.79. The molecule has 1 aromatic heterocycles. The average molecular weight is 414 g/mol. The highest BCUT2D eigenvalue weighted by atomic mass is 35.5. The molecule has 0 aliphatic rings. The predicted molar refractivity (Wildman–Crippen MR) is 103 cm³/mol. The smallest absolute Gasteiger partial charge is 0.251 e. The molecular formula is C17H24ClN5O3S. The molecule has 0 radical (unpaired) electrons. The van der Waals surface area contributed by atoms with Crippen LogP contribution in [0, 0.1) is 0 Å². The Labute approximate surface area is 164 Å². The lowest BCUT2D eigenvalue weighted by atomic mass is 10.2. The van der Waals surface area contributed by atoms with Crippen molar-refractivity contribution in [1.82, 2.24) is 24.4 Å². The molecule has 1 N–H and O–H groups in total. The van der Waals surface area contributed by atoms with E-state index in [2.05, 4.69) is 15.5 Å². The maximum Gasteiger partial charge on any atom is 0.251 e.